The van der Waals surface area contributed by atoms with Crippen molar-refractivity contribution >= 4 is 5.84 Å². The largest absolute Gasteiger partial charge is 0.493 e. The number of morpholine rings is 1. The number of amidine groups is 1. The predicted molar refractivity (Wildman–Crippen MR) is 74.3 cm³/mol. The average molecular weight is 277 g/mol. The van der Waals surface area contributed by atoms with E-state index in [4.69, 9.17) is 20.4 Å². The first-order chi connectivity index (χ1) is 9.78. The van der Waals surface area contributed by atoms with Gasteiger partial charge in [0, 0.05) is 31.1 Å². The molecule has 1 aromatic carbocycles. The van der Waals surface area contributed by atoms with Crippen LogP contribution in [0.25, 0.3) is 0 Å². The van der Waals surface area contributed by atoms with Crippen molar-refractivity contribution in [2.45, 2.75) is 12.0 Å². The van der Waals surface area contributed by atoms with E-state index in [1.165, 1.54) is 5.56 Å². The van der Waals surface area contributed by atoms with Gasteiger partial charge in [-0.05, 0) is 6.07 Å². The van der Waals surface area contributed by atoms with Gasteiger partial charge in [-0.15, -0.1) is 0 Å². The van der Waals surface area contributed by atoms with E-state index >= 15 is 0 Å². The zero-order valence-electron chi connectivity index (χ0n) is 11.2. The number of hydrogen-bond donors (Lipinski definition) is 2. The van der Waals surface area contributed by atoms with Crippen LogP contribution in [-0.2, 0) is 4.74 Å². The van der Waals surface area contributed by atoms with Crippen LogP contribution in [0.5, 0.6) is 5.75 Å². The maximum absolute atomic E-state index is 8.73. The summed E-state index contributed by atoms with van der Waals surface area (Å²) in [6.45, 7) is 3.71. The summed E-state index contributed by atoms with van der Waals surface area (Å²) in [6, 6.07) is 8.16. The molecule has 3 rings (SSSR count). The zero-order valence-corrected chi connectivity index (χ0v) is 11.2. The van der Waals surface area contributed by atoms with Gasteiger partial charge in [0.05, 0.1) is 13.2 Å². The summed E-state index contributed by atoms with van der Waals surface area (Å²) in [6.07, 6.45) is -0.327. The van der Waals surface area contributed by atoms with Crippen molar-refractivity contribution in [1.29, 1.82) is 0 Å². The highest BCUT2D eigenvalue weighted by atomic mass is 16.5. The summed E-state index contributed by atoms with van der Waals surface area (Å²) in [7, 11) is 0. The molecule has 0 radical (unpaired) electrons. The Balaban J connectivity index is 1.64. The van der Waals surface area contributed by atoms with E-state index in [-0.39, 0.29) is 11.9 Å². The van der Waals surface area contributed by atoms with Crippen molar-refractivity contribution in [2.75, 3.05) is 32.8 Å². The summed E-state index contributed by atoms with van der Waals surface area (Å²) in [5.74, 6) is 1.49. The highest BCUT2D eigenvalue weighted by molar-refractivity contribution is 5.84. The van der Waals surface area contributed by atoms with E-state index in [1.54, 1.807) is 0 Å². The Kier molecular flexibility index (Phi) is 3.75. The van der Waals surface area contributed by atoms with Crippen molar-refractivity contribution in [3.8, 4) is 5.75 Å². The van der Waals surface area contributed by atoms with Crippen LogP contribution in [-0.4, -0.2) is 54.9 Å². The number of fused-ring (bicyclic) bond motifs is 1. The third kappa shape index (κ3) is 2.57. The molecular formula is C14H19N3O3. The van der Waals surface area contributed by atoms with Gasteiger partial charge in [0.1, 0.15) is 11.9 Å². The minimum Gasteiger partial charge on any atom is -0.493 e. The molecule has 2 aliphatic heterocycles. The first-order valence-corrected chi connectivity index (χ1v) is 6.81. The third-order valence-corrected chi connectivity index (χ3v) is 3.87. The molecule has 0 amide bonds. The molecule has 0 saturated carbocycles. The van der Waals surface area contributed by atoms with Crippen LogP contribution >= 0.6 is 0 Å². The first-order valence-electron chi connectivity index (χ1n) is 6.81. The zero-order chi connectivity index (χ0) is 13.9. The van der Waals surface area contributed by atoms with Crippen molar-refractivity contribution in [3.05, 3.63) is 29.8 Å². The smallest absolute Gasteiger partial charge is 0.169 e. The van der Waals surface area contributed by atoms with Gasteiger partial charge in [-0.2, -0.15) is 0 Å². The van der Waals surface area contributed by atoms with Crippen LogP contribution in [0.15, 0.2) is 29.4 Å². The molecule has 1 aromatic rings. The second kappa shape index (κ2) is 5.68. The molecule has 2 aliphatic rings. The quantitative estimate of drug-likeness (QED) is 0.366. The van der Waals surface area contributed by atoms with Crippen molar-refractivity contribution in [2.24, 2.45) is 10.9 Å². The van der Waals surface area contributed by atoms with Crippen LogP contribution in [0.2, 0.25) is 0 Å². The first kappa shape index (κ1) is 13.2. The number of oxime groups is 1. The van der Waals surface area contributed by atoms with Gasteiger partial charge in [0.25, 0.3) is 0 Å². The van der Waals surface area contributed by atoms with E-state index in [0.717, 1.165) is 18.8 Å². The van der Waals surface area contributed by atoms with Gasteiger partial charge in [0.15, 0.2) is 5.84 Å². The molecule has 6 nitrogen and oxygen atoms in total. The van der Waals surface area contributed by atoms with Gasteiger partial charge in [0.2, 0.25) is 0 Å². The van der Waals surface area contributed by atoms with Gasteiger partial charge in [-0.3, -0.25) is 4.90 Å². The Hall–Kier alpha value is -1.79. The molecular weight excluding hydrogens is 258 g/mol. The number of ether oxygens (including phenoxy) is 2. The fraction of sp³-hybridized carbons (Fsp3) is 0.500. The monoisotopic (exact) mass is 277 g/mol. The lowest BCUT2D eigenvalue weighted by Gasteiger charge is -2.33. The predicted octanol–water partition coefficient (Wildman–Crippen LogP) is 0.610. The van der Waals surface area contributed by atoms with Crippen LogP contribution in [0.3, 0.4) is 0 Å². The van der Waals surface area contributed by atoms with Crippen molar-refractivity contribution in [1.82, 2.24) is 4.90 Å². The number of para-hydroxylation sites is 1. The van der Waals surface area contributed by atoms with Gasteiger partial charge >= 0.3 is 0 Å². The molecule has 2 unspecified atom stereocenters. The third-order valence-electron chi connectivity index (χ3n) is 3.87. The SMILES string of the molecule is NC(=NO)C1CN(CC2COc3ccccc32)CCO1. The maximum atomic E-state index is 8.73. The van der Waals surface area contributed by atoms with Crippen LogP contribution in [0.4, 0.5) is 0 Å². The van der Waals surface area contributed by atoms with Crippen molar-refractivity contribution < 1.29 is 14.7 Å². The van der Waals surface area contributed by atoms with Gasteiger partial charge in [-0.1, -0.05) is 23.4 Å². The Morgan fingerprint density at radius 2 is 2.30 bits per heavy atom. The molecule has 20 heavy (non-hydrogen) atoms. The lowest BCUT2D eigenvalue weighted by Crippen LogP contribution is -2.49. The Labute approximate surface area is 117 Å². The minimum absolute atomic E-state index is 0.137. The van der Waals surface area contributed by atoms with Gasteiger partial charge in [-0.25, -0.2) is 0 Å². The Morgan fingerprint density at radius 1 is 1.45 bits per heavy atom. The van der Waals surface area contributed by atoms with Crippen LogP contribution < -0.4 is 10.5 Å². The summed E-state index contributed by atoms with van der Waals surface area (Å²) in [4.78, 5) is 2.28. The van der Waals surface area contributed by atoms with Gasteiger partial charge < -0.3 is 20.4 Å². The number of nitrogens with zero attached hydrogens (tertiary/aromatic N) is 2. The normalized spacial score (nSPS) is 27.1. The molecule has 2 atom stereocenters. The highest BCUT2D eigenvalue weighted by Crippen LogP contribution is 2.34. The maximum Gasteiger partial charge on any atom is 0.169 e. The van der Waals surface area contributed by atoms with Crippen LogP contribution in [0.1, 0.15) is 11.5 Å². The number of hydrogen-bond acceptors (Lipinski definition) is 5. The van der Waals surface area contributed by atoms with E-state index in [0.29, 0.717) is 25.7 Å². The highest BCUT2D eigenvalue weighted by Gasteiger charge is 2.29. The molecule has 2 heterocycles. The molecule has 1 saturated heterocycles. The topological polar surface area (TPSA) is 80.3 Å². The molecule has 1 fully saturated rings. The lowest BCUT2D eigenvalue weighted by atomic mass is 10.0. The number of benzene rings is 1. The standard InChI is InChI=1S/C14H19N3O3/c15-14(16-18)13-8-17(5-6-19-13)7-10-9-20-12-4-2-1-3-11(10)12/h1-4,10,13,18H,5-9H2,(H2,15,16). The van der Waals surface area contributed by atoms with E-state index in [2.05, 4.69) is 16.1 Å². The second-order valence-corrected chi connectivity index (χ2v) is 5.19. The molecule has 3 N–H and O–H groups in total. The molecule has 6 heteroatoms. The summed E-state index contributed by atoms with van der Waals surface area (Å²) >= 11 is 0. The summed E-state index contributed by atoms with van der Waals surface area (Å²) in [5, 5.41) is 11.8. The Morgan fingerprint density at radius 3 is 3.15 bits per heavy atom. The van der Waals surface area contributed by atoms with E-state index in [9.17, 15) is 0 Å². The van der Waals surface area contributed by atoms with Crippen LogP contribution in [0, 0.1) is 0 Å². The fourth-order valence-corrected chi connectivity index (χ4v) is 2.80. The van der Waals surface area contributed by atoms with Crippen molar-refractivity contribution in [3.63, 3.8) is 0 Å². The molecule has 0 bridgehead atoms. The number of rotatable bonds is 3. The Bertz CT molecular complexity index is 506. The second-order valence-electron chi connectivity index (χ2n) is 5.19. The molecule has 108 valence electrons. The van der Waals surface area contributed by atoms with E-state index < -0.39 is 0 Å². The number of nitrogens with two attached hydrogens (primary N) is 1. The average Bonchev–Trinajstić information content (AvgIpc) is 2.90. The minimum atomic E-state index is -0.327. The molecule has 0 spiro atoms. The fourth-order valence-electron chi connectivity index (χ4n) is 2.80. The summed E-state index contributed by atoms with van der Waals surface area (Å²) in [5.41, 5.74) is 6.88. The summed E-state index contributed by atoms with van der Waals surface area (Å²) < 4.78 is 11.2. The van der Waals surface area contributed by atoms with E-state index in [1.807, 2.05) is 18.2 Å². The molecule has 0 aliphatic carbocycles. The molecule has 0 aromatic heterocycles. The lowest BCUT2D eigenvalue weighted by molar-refractivity contribution is 0.00183.